The molecule has 1 heterocycles. The molecule has 2 rings (SSSR count). The Kier molecular flexibility index (Phi) is 5.13. The van der Waals surface area contributed by atoms with Gasteiger partial charge in [-0.15, -0.1) is 0 Å². The van der Waals surface area contributed by atoms with Crippen molar-refractivity contribution in [2.24, 2.45) is 0 Å². The second-order valence-corrected chi connectivity index (χ2v) is 5.03. The molecule has 0 unspecified atom stereocenters. The molecule has 3 heteroatoms. The van der Waals surface area contributed by atoms with Crippen LogP contribution in [0.1, 0.15) is 24.5 Å². The van der Waals surface area contributed by atoms with Gasteiger partial charge in [-0.3, -0.25) is 4.98 Å². The highest BCUT2D eigenvalue weighted by molar-refractivity contribution is 5.67. The Morgan fingerprint density at radius 3 is 2.70 bits per heavy atom. The highest BCUT2D eigenvalue weighted by Gasteiger charge is 2.10. The van der Waals surface area contributed by atoms with Crippen molar-refractivity contribution >= 4 is 11.4 Å². The van der Waals surface area contributed by atoms with Crippen LogP contribution in [0, 0.1) is 6.92 Å². The molecule has 1 N–H and O–H groups in total. The van der Waals surface area contributed by atoms with Gasteiger partial charge in [0.1, 0.15) is 0 Å². The number of nitrogens with one attached hydrogen (secondary N) is 1. The van der Waals surface area contributed by atoms with Crippen molar-refractivity contribution in [1.29, 1.82) is 0 Å². The Morgan fingerprint density at radius 2 is 1.95 bits per heavy atom. The zero-order valence-electron chi connectivity index (χ0n) is 12.6. The molecule has 0 saturated carbocycles. The Hall–Kier alpha value is -1.87. The van der Waals surface area contributed by atoms with Crippen LogP contribution in [0.4, 0.5) is 11.4 Å². The number of hydrogen-bond acceptors (Lipinski definition) is 3. The number of para-hydroxylation sites is 1. The highest BCUT2D eigenvalue weighted by Crippen LogP contribution is 2.28. The number of pyridine rings is 1. The predicted molar refractivity (Wildman–Crippen MR) is 85.5 cm³/mol. The number of nitrogens with zero attached hydrogens (tertiary/aromatic N) is 2. The maximum absolute atomic E-state index is 4.26. The van der Waals surface area contributed by atoms with Gasteiger partial charge in [0.15, 0.2) is 0 Å². The molecule has 0 spiro atoms. The van der Waals surface area contributed by atoms with E-state index < -0.39 is 0 Å². The van der Waals surface area contributed by atoms with Crippen LogP contribution < -0.4 is 10.2 Å². The van der Waals surface area contributed by atoms with Gasteiger partial charge in [0.05, 0.1) is 0 Å². The molecular formula is C17H23N3. The molecule has 1 aromatic carbocycles. The molecule has 0 aliphatic heterocycles. The topological polar surface area (TPSA) is 28.2 Å². The lowest BCUT2D eigenvalue weighted by Crippen LogP contribution is -2.18. The first-order valence-corrected chi connectivity index (χ1v) is 7.17. The Bertz CT molecular complexity index is 551. The van der Waals surface area contributed by atoms with E-state index in [0.29, 0.717) is 0 Å². The fourth-order valence-electron chi connectivity index (χ4n) is 2.35. The van der Waals surface area contributed by atoms with E-state index in [-0.39, 0.29) is 0 Å². The van der Waals surface area contributed by atoms with Crippen LogP contribution in [0.5, 0.6) is 0 Å². The number of aromatic nitrogens is 1. The molecule has 0 bridgehead atoms. The summed E-state index contributed by atoms with van der Waals surface area (Å²) in [5.41, 5.74) is 4.94. The standard InChI is InChI=1S/C17H23N3/c1-4-10-18-12-15-13-19-11-9-17(15)20(3)16-8-6-5-7-14(16)2/h5-9,11,13,18H,4,10,12H2,1-3H3. The van der Waals surface area contributed by atoms with E-state index in [1.54, 1.807) is 0 Å². The van der Waals surface area contributed by atoms with Gasteiger partial charge < -0.3 is 10.2 Å². The van der Waals surface area contributed by atoms with E-state index in [2.05, 4.69) is 66.4 Å². The molecule has 20 heavy (non-hydrogen) atoms. The normalized spacial score (nSPS) is 10.6. The van der Waals surface area contributed by atoms with Gasteiger partial charge in [0.25, 0.3) is 0 Å². The van der Waals surface area contributed by atoms with Crippen LogP contribution in [0.15, 0.2) is 42.7 Å². The minimum atomic E-state index is 0.854. The Balaban J connectivity index is 2.25. The summed E-state index contributed by atoms with van der Waals surface area (Å²) >= 11 is 0. The molecule has 3 nitrogen and oxygen atoms in total. The largest absolute Gasteiger partial charge is 0.344 e. The zero-order chi connectivity index (χ0) is 14.4. The van der Waals surface area contributed by atoms with Gasteiger partial charge in [0.2, 0.25) is 0 Å². The summed E-state index contributed by atoms with van der Waals surface area (Å²) in [6, 6.07) is 10.5. The molecule has 0 atom stereocenters. The van der Waals surface area contributed by atoms with Crippen molar-refractivity contribution < 1.29 is 0 Å². The fraction of sp³-hybridized carbons (Fsp3) is 0.353. The van der Waals surface area contributed by atoms with E-state index in [0.717, 1.165) is 19.5 Å². The number of anilines is 2. The summed E-state index contributed by atoms with van der Waals surface area (Å²) in [6.45, 7) is 6.20. The van der Waals surface area contributed by atoms with Crippen molar-refractivity contribution in [3.63, 3.8) is 0 Å². The van der Waals surface area contributed by atoms with E-state index >= 15 is 0 Å². The molecule has 0 saturated heterocycles. The van der Waals surface area contributed by atoms with Gasteiger partial charge >= 0.3 is 0 Å². The molecule has 2 aromatic rings. The summed E-state index contributed by atoms with van der Waals surface area (Å²) in [7, 11) is 2.11. The number of aryl methyl sites for hydroxylation is 1. The monoisotopic (exact) mass is 269 g/mol. The molecular weight excluding hydrogens is 246 g/mol. The Morgan fingerprint density at radius 1 is 1.15 bits per heavy atom. The van der Waals surface area contributed by atoms with Gasteiger partial charge in [-0.1, -0.05) is 25.1 Å². The SMILES string of the molecule is CCCNCc1cnccc1N(C)c1ccccc1C. The zero-order valence-corrected chi connectivity index (χ0v) is 12.6. The Labute approximate surface area is 121 Å². The summed E-state index contributed by atoms with van der Waals surface area (Å²) < 4.78 is 0. The second-order valence-electron chi connectivity index (χ2n) is 5.03. The third kappa shape index (κ3) is 3.36. The molecule has 0 fully saturated rings. The summed E-state index contributed by atoms with van der Waals surface area (Å²) in [5.74, 6) is 0. The van der Waals surface area contributed by atoms with Crippen molar-refractivity contribution in [3.05, 3.63) is 53.9 Å². The van der Waals surface area contributed by atoms with Crippen LogP contribution in [0.2, 0.25) is 0 Å². The van der Waals surface area contributed by atoms with E-state index in [9.17, 15) is 0 Å². The summed E-state index contributed by atoms with van der Waals surface area (Å²) in [6.07, 6.45) is 4.95. The fourth-order valence-corrected chi connectivity index (χ4v) is 2.35. The summed E-state index contributed by atoms with van der Waals surface area (Å²) in [4.78, 5) is 6.49. The van der Waals surface area contributed by atoms with E-state index in [4.69, 9.17) is 0 Å². The lowest BCUT2D eigenvalue weighted by atomic mass is 10.1. The van der Waals surface area contributed by atoms with Crippen LogP contribution in [0.3, 0.4) is 0 Å². The molecule has 1 aromatic heterocycles. The lowest BCUT2D eigenvalue weighted by molar-refractivity contribution is 0.674. The quantitative estimate of drug-likeness (QED) is 0.811. The van der Waals surface area contributed by atoms with Crippen LogP contribution in [-0.4, -0.2) is 18.6 Å². The lowest BCUT2D eigenvalue weighted by Gasteiger charge is -2.24. The molecule has 0 aliphatic carbocycles. The van der Waals surface area contributed by atoms with Crippen molar-refractivity contribution in [1.82, 2.24) is 10.3 Å². The number of rotatable bonds is 6. The van der Waals surface area contributed by atoms with Gasteiger partial charge in [-0.05, 0) is 37.6 Å². The van der Waals surface area contributed by atoms with E-state index in [1.807, 2.05) is 12.4 Å². The van der Waals surface area contributed by atoms with Crippen molar-refractivity contribution in [2.75, 3.05) is 18.5 Å². The van der Waals surface area contributed by atoms with Crippen molar-refractivity contribution in [3.8, 4) is 0 Å². The predicted octanol–water partition coefficient (Wildman–Crippen LogP) is 3.66. The van der Waals surface area contributed by atoms with Gasteiger partial charge in [-0.25, -0.2) is 0 Å². The number of benzene rings is 1. The van der Waals surface area contributed by atoms with Crippen LogP contribution in [0.25, 0.3) is 0 Å². The first kappa shape index (κ1) is 14.5. The first-order valence-electron chi connectivity index (χ1n) is 7.17. The smallest absolute Gasteiger partial charge is 0.0484 e. The van der Waals surface area contributed by atoms with Gasteiger partial charge in [-0.2, -0.15) is 0 Å². The second kappa shape index (κ2) is 7.06. The summed E-state index contributed by atoms with van der Waals surface area (Å²) in [5, 5.41) is 3.45. The minimum Gasteiger partial charge on any atom is -0.344 e. The number of hydrogen-bond donors (Lipinski definition) is 1. The molecule has 0 radical (unpaired) electrons. The third-order valence-electron chi connectivity index (χ3n) is 3.46. The van der Waals surface area contributed by atoms with Crippen LogP contribution >= 0.6 is 0 Å². The van der Waals surface area contributed by atoms with Crippen molar-refractivity contribution in [2.45, 2.75) is 26.8 Å². The average molecular weight is 269 g/mol. The maximum Gasteiger partial charge on any atom is 0.0484 e. The average Bonchev–Trinajstić information content (AvgIpc) is 2.48. The molecule has 0 aliphatic rings. The maximum atomic E-state index is 4.26. The van der Waals surface area contributed by atoms with Gasteiger partial charge in [0, 0.05) is 42.9 Å². The minimum absolute atomic E-state index is 0.854. The molecule has 106 valence electrons. The van der Waals surface area contributed by atoms with E-state index in [1.165, 1.54) is 22.5 Å². The third-order valence-corrected chi connectivity index (χ3v) is 3.46. The van der Waals surface area contributed by atoms with Crippen LogP contribution in [-0.2, 0) is 6.54 Å². The molecule has 0 amide bonds. The highest BCUT2D eigenvalue weighted by atomic mass is 15.1. The first-order chi connectivity index (χ1) is 9.74.